The van der Waals surface area contributed by atoms with Crippen molar-refractivity contribution < 1.29 is 24.6 Å². The number of carbonyl (C=O) groups excluding carboxylic acids is 1. The SMILES string of the molecule is CN(C)/N=C(/C(=O)N(C)C)C1CCCCC1.CN(C)/N=C(/C(=O)O)C1CCCCC1.CN(C)/N=C(\C(=O)O)C1CCCCC1. The quantitative estimate of drug-likeness (QED) is 0.279. The highest BCUT2D eigenvalue weighted by molar-refractivity contribution is 6.39. The van der Waals surface area contributed by atoms with Crippen molar-refractivity contribution in [3.63, 3.8) is 0 Å². The average molecular weight is 622 g/mol. The van der Waals surface area contributed by atoms with Crippen molar-refractivity contribution in [1.29, 1.82) is 0 Å². The van der Waals surface area contributed by atoms with Crippen LogP contribution in [0.4, 0.5) is 0 Å². The molecule has 0 aliphatic heterocycles. The summed E-state index contributed by atoms with van der Waals surface area (Å²) in [6.45, 7) is 0. The minimum Gasteiger partial charge on any atom is -0.477 e. The minimum atomic E-state index is -0.870. The number of hydrazone groups is 3. The van der Waals surface area contributed by atoms with Crippen molar-refractivity contribution in [2.45, 2.75) is 96.3 Å². The maximum absolute atomic E-state index is 12.0. The molecule has 0 aromatic carbocycles. The van der Waals surface area contributed by atoms with Crippen LogP contribution >= 0.6 is 0 Å². The van der Waals surface area contributed by atoms with Gasteiger partial charge in [0.1, 0.15) is 17.1 Å². The highest BCUT2D eigenvalue weighted by Gasteiger charge is 2.27. The molecule has 0 aromatic rings. The Morgan fingerprint density at radius 1 is 0.455 bits per heavy atom. The van der Waals surface area contributed by atoms with Crippen LogP contribution in [0, 0.1) is 17.8 Å². The second-order valence-corrected chi connectivity index (χ2v) is 12.8. The van der Waals surface area contributed by atoms with Gasteiger partial charge < -0.3 is 30.1 Å². The van der Waals surface area contributed by atoms with Crippen LogP contribution in [-0.4, -0.2) is 122 Å². The fourth-order valence-electron chi connectivity index (χ4n) is 5.90. The molecular weight excluding hydrogens is 562 g/mol. The van der Waals surface area contributed by atoms with E-state index >= 15 is 0 Å². The van der Waals surface area contributed by atoms with E-state index in [0.29, 0.717) is 17.3 Å². The molecule has 252 valence electrons. The predicted molar refractivity (Wildman–Crippen MR) is 177 cm³/mol. The molecule has 0 radical (unpaired) electrons. The molecule has 1 amide bonds. The van der Waals surface area contributed by atoms with Crippen LogP contribution in [0.3, 0.4) is 0 Å². The molecule has 3 fully saturated rings. The van der Waals surface area contributed by atoms with E-state index in [0.717, 1.165) is 69.9 Å². The first-order chi connectivity index (χ1) is 20.7. The largest absolute Gasteiger partial charge is 0.477 e. The zero-order valence-electron chi connectivity index (χ0n) is 28.6. The number of hydrogen-bond acceptors (Lipinski definition) is 9. The van der Waals surface area contributed by atoms with Gasteiger partial charge >= 0.3 is 11.9 Å². The third-order valence-corrected chi connectivity index (χ3v) is 7.96. The van der Waals surface area contributed by atoms with Gasteiger partial charge in [-0.1, -0.05) is 57.8 Å². The summed E-state index contributed by atoms with van der Waals surface area (Å²) < 4.78 is 0. The Balaban J connectivity index is 0.000000331. The lowest BCUT2D eigenvalue weighted by Crippen LogP contribution is -2.36. The van der Waals surface area contributed by atoms with Crippen molar-refractivity contribution in [3.8, 4) is 0 Å². The standard InChI is InChI=1S/C12H23N3O.2C10H18N2O2/c1-14(2)12(16)11(13-15(3)4)10-8-6-5-7-9-10;2*1-12(2)11-9(10(13)14)8-6-4-3-5-7-8/h10H,5-9H2,1-4H3;2*8H,3-7H2,1-2H3,(H,13,14)/b13-11+;11-9+;11-9-. The van der Waals surface area contributed by atoms with Gasteiger partial charge in [0.25, 0.3) is 5.91 Å². The minimum absolute atomic E-state index is 0.0561. The fourth-order valence-corrected chi connectivity index (χ4v) is 5.90. The monoisotopic (exact) mass is 621 g/mol. The van der Waals surface area contributed by atoms with Crippen LogP contribution in [0.15, 0.2) is 15.3 Å². The molecular formula is C32H59N7O5. The number of amides is 1. The normalized spacial score (nSPS) is 19.0. The van der Waals surface area contributed by atoms with Gasteiger partial charge in [-0.15, -0.1) is 0 Å². The van der Waals surface area contributed by atoms with Gasteiger partial charge in [-0.2, -0.15) is 15.3 Å². The van der Waals surface area contributed by atoms with Gasteiger partial charge in [0.2, 0.25) is 0 Å². The smallest absolute Gasteiger partial charge is 0.352 e. The highest BCUT2D eigenvalue weighted by Crippen LogP contribution is 2.27. The van der Waals surface area contributed by atoms with E-state index in [1.54, 1.807) is 62.2 Å². The van der Waals surface area contributed by atoms with Crippen molar-refractivity contribution in [2.75, 3.05) is 56.4 Å². The van der Waals surface area contributed by atoms with E-state index < -0.39 is 11.9 Å². The zero-order valence-corrected chi connectivity index (χ0v) is 28.6. The number of carboxylic acids is 2. The molecule has 2 N–H and O–H groups in total. The van der Waals surface area contributed by atoms with E-state index in [1.807, 2.05) is 14.1 Å². The second kappa shape index (κ2) is 20.7. The van der Waals surface area contributed by atoms with Crippen molar-refractivity contribution >= 4 is 35.0 Å². The van der Waals surface area contributed by atoms with Crippen LogP contribution in [0.1, 0.15) is 96.3 Å². The second-order valence-electron chi connectivity index (χ2n) is 12.8. The molecule has 44 heavy (non-hydrogen) atoms. The topological polar surface area (TPSA) is 142 Å². The summed E-state index contributed by atoms with van der Waals surface area (Å²) in [4.78, 5) is 35.6. The van der Waals surface area contributed by atoms with E-state index in [1.165, 1.54) is 32.1 Å². The van der Waals surface area contributed by atoms with Gasteiger partial charge in [0, 0.05) is 74.1 Å². The van der Waals surface area contributed by atoms with E-state index in [9.17, 15) is 14.4 Å². The van der Waals surface area contributed by atoms with Crippen LogP contribution < -0.4 is 0 Å². The molecule has 0 unspecified atom stereocenters. The van der Waals surface area contributed by atoms with Crippen molar-refractivity contribution in [2.24, 2.45) is 33.1 Å². The maximum atomic E-state index is 12.0. The number of carboxylic acid groups (broad SMARTS) is 2. The van der Waals surface area contributed by atoms with Gasteiger partial charge in [-0.05, 0) is 38.5 Å². The van der Waals surface area contributed by atoms with Crippen LogP contribution in [0.5, 0.6) is 0 Å². The Morgan fingerprint density at radius 3 is 0.932 bits per heavy atom. The summed E-state index contributed by atoms with van der Waals surface area (Å²) in [7, 11) is 14.3. The summed E-state index contributed by atoms with van der Waals surface area (Å²) in [6.07, 6.45) is 16.8. The zero-order chi connectivity index (χ0) is 33.2. The van der Waals surface area contributed by atoms with Crippen LogP contribution in [-0.2, 0) is 14.4 Å². The predicted octanol–water partition coefficient (Wildman–Crippen LogP) is 4.71. The lowest BCUT2D eigenvalue weighted by atomic mass is 9.85. The fraction of sp³-hybridized carbons (Fsp3) is 0.812. The molecule has 0 spiro atoms. The molecule has 0 heterocycles. The molecule has 12 heteroatoms. The molecule has 0 aromatic heterocycles. The molecule has 3 rings (SSSR count). The summed E-state index contributed by atoms with van der Waals surface area (Å²) in [5.41, 5.74) is 1.39. The van der Waals surface area contributed by atoms with E-state index in [-0.39, 0.29) is 17.7 Å². The number of nitrogens with zero attached hydrogens (tertiary/aromatic N) is 7. The number of aliphatic carboxylic acids is 2. The molecule has 3 aliphatic rings. The van der Waals surface area contributed by atoms with Gasteiger partial charge in [-0.25, -0.2) is 9.59 Å². The van der Waals surface area contributed by atoms with Gasteiger partial charge in [0.15, 0.2) is 0 Å². The lowest BCUT2D eigenvalue weighted by Gasteiger charge is -2.25. The summed E-state index contributed by atoms with van der Waals surface area (Å²) >= 11 is 0. The maximum Gasteiger partial charge on any atom is 0.352 e. The summed E-state index contributed by atoms with van der Waals surface area (Å²) in [5, 5.41) is 35.4. The average Bonchev–Trinajstić information content (AvgIpc) is 2.98. The first kappa shape index (κ1) is 38.8. The van der Waals surface area contributed by atoms with Crippen LogP contribution in [0.25, 0.3) is 0 Å². The number of rotatable bonds is 9. The van der Waals surface area contributed by atoms with Gasteiger partial charge in [-0.3, -0.25) is 4.79 Å². The Bertz CT molecular complexity index is 923. The van der Waals surface area contributed by atoms with Crippen molar-refractivity contribution in [3.05, 3.63) is 0 Å². The first-order valence-electron chi connectivity index (χ1n) is 16.2. The molecule has 12 nitrogen and oxygen atoms in total. The Hall–Kier alpha value is -3.18. The molecule has 0 bridgehead atoms. The molecule has 3 aliphatic carbocycles. The van der Waals surface area contributed by atoms with Crippen molar-refractivity contribution in [1.82, 2.24) is 19.9 Å². The Kier molecular flexibility index (Phi) is 18.3. The molecule has 3 saturated carbocycles. The number of hydrogen-bond donors (Lipinski definition) is 2. The first-order valence-corrected chi connectivity index (χ1v) is 16.2. The number of carbonyl (C=O) groups is 3. The van der Waals surface area contributed by atoms with Gasteiger partial charge in [0.05, 0.1) is 0 Å². The molecule has 0 atom stereocenters. The lowest BCUT2D eigenvalue weighted by molar-refractivity contribution is -0.130. The summed E-state index contributed by atoms with van der Waals surface area (Å²) in [6, 6.07) is 0. The van der Waals surface area contributed by atoms with E-state index in [2.05, 4.69) is 15.3 Å². The Labute approximate surface area is 265 Å². The third kappa shape index (κ3) is 15.0. The highest BCUT2D eigenvalue weighted by atomic mass is 16.4. The van der Waals surface area contributed by atoms with Crippen LogP contribution in [0.2, 0.25) is 0 Å². The third-order valence-electron chi connectivity index (χ3n) is 7.96. The van der Waals surface area contributed by atoms with E-state index in [4.69, 9.17) is 10.2 Å². The molecule has 0 saturated heterocycles. The summed E-state index contributed by atoms with van der Waals surface area (Å²) in [5.74, 6) is -1.02. The Morgan fingerprint density at radius 2 is 0.705 bits per heavy atom.